The molecule has 1 aromatic carbocycles. The third-order valence-corrected chi connectivity index (χ3v) is 2.72. The number of furan rings is 1. The maximum atomic E-state index is 10.9. The van der Waals surface area contributed by atoms with E-state index >= 15 is 0 Å². The average molecular weight is 245 g/mol. The van der Waals surface area contributed by atoms with Gasteiger partial charge in [0.25, 0.3) is 0 Å². The van der Waals surface area contributed by atoms with E-state index in [1.165, 1.54) is 0 Å². The number of nitrogens with one attached hydrogen (secondary N) is 1. The van der Waals surface area contributed by atoms with Gasteiger partial charge in [0.05, 0.1) is 12.1 Å². The number of hydrogen-bond donors (Lipinski definition) is 2. The van der Waals surface area contributed by atoms with Crippen LogP contribution in [0.1, 0.15) is 27.4 Å². The Labute approximate surface area is 105 Å². The van der Waals surface area contributed by atoms with Crippen molar-refractivity contribution in [2.24, 2.45) is 0 Å². The molecule has 0 amide bonds. The number of carbonyl (C=O) groups is 1. The zero-order chi connectivity index (χ0) is 13.1. The standard InChI is InChI=1S/C14H15NO3/c1-9-7-11(4-6-13(9)14(16)17)15-8-12-5-3-10(2)18-12/h3-7,15H,8H2,1-2H3,(H,16,17). The molecule has 0 atom stereocenters. The smallest absolute Gasteiger partial charge is 0.335 e. The molecule has 2 aromatic rings. The quantitative estimate of drug-likeness (QED) is 0.868. The number of benzene rings is 1. The highest BCUT2D eigenvalue weighted by molar-refractivity contribution is 5.89. The van der Waals surface area contributed by atoms with Gasteiger partial charge < -0.3 is 14.8 Å². The minimum absolute atomic E-state index is 0.328. The molecule has 0 saturated carbocycles. The van der Waals surface area contributed by atoms with Gasteiger partial charge in [-0.15, -0.1) is 0 Å². The molecule has 94 valence electrons. The predicted molar refractivity (Wildman–Crippen MR) is 68.9 cm³/mol. The van der Waals surface area contributed by atoms with Gasteiger partial charge >= 0.3 is 5.97 Å². The van der Waals surface area contributed by atoms with Gasteiger partial charge in [-0.05, 0) is 49.7 Å². The van der Waals surface area contributed by atoms with E-state index in [4.69, 9.17) is 9.52 Å². The van der Waals surface area contributed by atoms with Crippen molar-refractivity contribution in [3.05, 3.63) is 53.0 Å². The predicted octanol–water partition coefficient (Wildman–Crippen LogP) is 3.21. The fraction of sp³-hybridized carbons (Fsp3) is 0.214. The Morgan fingerprint density at radius 2 is 2.06 bits per heavy atom. The summed E-state index contributed by atoms with van der Waals surface area (Å²) in [5, 5.41) is 12.1. The Bertz CT molecular complexity index is 572. The Balaban J connectivity index is 2.06. The fourth-order valence-corrected chi connectivity index (χ4v) is 1.78. The molecule has 4 nitrogen and oxygen atoms in total. The second-order valence-electron chi connectivity index (χ2n) is 4.20. The molecule has 0 radical (unpaired) electrons. The third kappa shape index (κ3) is 2.71. The highest BCUT2D eigenvalue weighted by Gasteiger charge is 2.07. The molecule has 0 fully saturated rings. The number of aryl methyl sites for hydroxylation is 2. The summed E-state index contributed by atoms with van der Waals surface area (Å²) in [6, 6.07) is 9.01. The highest BCUT2D eigenvalue weighted by atomic mass is 16.4. The Kier molecular flexibility index (Phi) is 3.37. The van der Waals surface area contributed by atoms with Gasteiger partial charge in [-0.3, -0.25) is 0 Å². The van der Waals surface area contributed by atoms with Crippen LogP contribution in [-0.2, 0) is 6.54 Å². The van der Waals surface area contributed by atoms with Gasteiger partial charge in [0.2, 0.25) is 0 Å². The molecule has 1 aromatic heterocycles. The largest absolute Gasteiger partial charge is 0.478 e. The van der Waals surface area contributed by atoms with Crippen molar-refractivity contribution in [1.82, 2.24) is 0 Å². The molecule has 2 rings (SSSR count). The van der Waals surface area contributed by atoms with Gasteiger partial charge in [0, 0.05) is 5.69 Å². The molecule has 2 N–H and O–H groups in total. The summed E-state index contributed by atoms with van der Waals surface area (Å²) in [5.74, 6) is 0.831. The lowest BCUT2D eigenvalue weighted by Gasteiger charge is -2.07. The van der Waals surface area contributed by atoms with Crippen LogP contribution in [0.3, 0.4) is 0 Å². The Morgan fingerprint density at radius 3 is 2.61 bits per heavy atom. The normalized spacial score (nSPS) is 10.3. The zero-order valence-electron chi connectivity index (χ0n) is 10.4. The molecule has 1 heterocycles. The minimum Gasteiger partial charge on any atom is -0.478 e. The SMILES string of the molecule is Cc1ccc(CNc2ccc(C(=O)O)c(C)c2)o1. The molecule has 4 heteroatoms. The number of hydrogen-bond acceptors (Lipinski definition) is 3. The first-order chi connectivity index (χ1) is 8.56. The first-order valence-electron chi connectivity index (χ1n) is 5.69. The van der Waals surface area contributed by atoms with Gasteiger partial charge in [-0.25, -0.2) is 4.79 Å². The van der Waals surface area contributed by atoms with E-state index < -0.39 is 5.97 Å². The van der Waals surface area contributed by atoms with E-state index in [0.29, 0.717) is 12.1 Å². The van der Waals surface area contributed by atoms with Crippen LogP contribution in [0.4, 0.5) is 5.69 Å². The highest BCUT2D eigenvalue weighted by Crippen LogP contribution is 2.16. The summed E-state index contributed by atoms with van der Waals surface area (Å²) < 4.78 is 5.44. The maximum absolute atomic E-state index is 10.9. The van der Waals surface area contributed by atoms with Crippen molar-refractivity contribution >= 4 is 11.7 Å². The maximum Gasteiger partial charge on any atom is 0.335 e. The number of anilines is 1. The van der Waals surface area contributed by atoms with Crippen LogP contribution < -0.4 is 5.32 Å². The molecule has 0 aliphatic carbocycles. The molecule has 0 spiro atoms. The van der Waals surface area contributed by atoms with E-state index in [9.17, 15) is 4.79 Å². The molecular formula is C14H15NO3. The third-order valence-electron chi connectivity index (χ3n) is 2.72. The van der Waals surface area contributed by atoms with Crippen molar-refractivity contribution in [3.8, 4) is 0 Å². The van der Waals surface area contributed by atoms with E-state index in [-0.39, 0.29) is 0 Å². The summed E-state index contributed by atoms with van der Waals surface area (Å²) in [6.07, 6.45) is 0. The van der Waals surface area contributed by atoms with Crippen LogP contribution in [0.25, 0.3) is 0 Å². The van der Waals surface area contributed by atoms with Crippen LogP contribution in [0, 0.1) is 13.8 Å². The van der Waals surface area contributed by atoms with Crippen LogP contribution in [0.2, 0.25) is 0 Å². The van der Waals surface area contributed by atoms with Crippen LogP contribution in [0.5, 0.6) is 0 Å². The van der Waals surface area contributed by atoms with Crippen molar-refractivity contribution in [3.63, 3.8) is 0 Å². The minimum atomic E-state index is -0.902. The van der Waals surface area contributed by atoms with Gasteiger partial charge in [0.15, 0.2) is 0 Å². The number of carboxylic acid groups (broad SMARTS) is 1. The molecule has 0 aliphatic rings. The van der Waals surface area contributed by atoms with Crippen molar-refractivity contribution < 1.29 is 14.3 Å². The summed E-state index contributed by atoms with van der Waals surface area (Å²) in [7, 11) is 0. The molecule has 0 aliphatic heterocycles. The lowest BCUT2D eigenvalue weighted by Crippen LogP contribution is -2.02. The second-order valence-corrected chi connectivity index (χ2v) is 4.20. The molecular weight excluding hydrogens is 230 g/mol. The van der Waals surface area contributed by atoms with Crippen molar-refractivity contribution in [2.45, 2.75) is 20.4 Å². The van der Waals surface area contributed by atoms with Gasteiger partial charge in [0.1, 0.15) is 11.5 Å². The lowest BCUT2D eigenvalue weighted by molar-refractivity contribution is 0.0696. The van der Waals surface area contributed by atoms with Gasteiger partial charge in [-0.1, -0.05) is 0 Å². The summed E-state index contributed by atoms with van der Waals surface area (Å²) in [5.41, 5.74) is 1.95. The fourth-order valence-electron chi connectivity index (χ4n) is 1.78. The zero-order valence-corrected chi connectivity index (χ0v) is 10.4. The van der Waals surface area contributed by atoms with Gasteiger partial charge in [-0.2, -0.15) is 0 Å². The lowest BCUT2D eigenvalue weighted by atomic mass is 10.1. The molecule has 0 saturated heterocycles. The monoisotopic (exact) mass is 245 g/mol. The Morgan fingerprint density at radius 1 is 1.28 bits per heavy atom. The average Bonchev–Trinajstić information content (AvgIpc) is 2.72. The van der Waals surface area contributed by atoms with E-state index in [1.54, 1.807) is 19.1 Å². The molecule has 18 heavy (non-hydrogen) atoms. The molecule has 0 unspecified atom stereocenters. The van der Waals surface area contributed by atoms with Crippen molar-refractivity contribution in [1.29, 1.82) is 0 Å². The number of rotatable bonds is 4. The second kappa shape index (κ2) is 4.96. The summed E-state index contributed by atoms with van der Waals surface area (Å²) in [6.45, 7) is 4.26. The summed E-state index contributed by atoms with van der Waals surface area (Å²) >= 11 is 0. The van der Waals surface area contributed by atoms with Crippen LogP contribution in [-0.4, -0.2) is 11.1 Å². The summed E-state index contributed by atoms with van der Waals surface area (Å²) in [4.78, 5) is 10.9. The van der Waals surface area contributed by atoms with E-state index in [1.807, 2.05) is 25.1 Å². The number of carboxylic acids is 1. The van der Waals surface area contributed by atoms with Crippen molar-refractivity contribution in [2.75, 3.05) is 5.32 Å². The van der Waals surface area contributed by atoms with Crippen LogP contribution >= 0.6 is 0 Å². The van der Waals surface area contributed by atoms with E-state index in [0.717, 1.165) is 22.8 Å². The number of aromatic carboxylic acids is 1. The first kappa shape index (κ1) is 12.2. The molecule has 0 bridgehead atoms. The first-order valence-corrected chi connectivity index (χ1v) is 5.69. The Hall–Kier alpha value is -2.23. The topological polar surface area (TPSA) is 62.5 Å². The van der Waals surface area contributed by atoms with E-state index in [2.05, 4.69) is 5.32 Å². The van der Waals surface area contributed by atoms with Crippen LogP contribution in [0.15, 0.2) is 34.7 Å².